The molecule has 0 radical (unpaired) electrons. The van der Waals surface area contributed by atoms with Gasteiger partial charge in [0.1, 0.15) is 5.69 Å². The summed E-state index contributed by atoms with van der Waals surface area (Å²) in [6.07, 6.45) is 0. The SMILES string of the molecule is CNC(=O)c1cccc(CSc2nc(-c3ccccc3)c(-c3ccccc3)o2)c1. The molecule has 0 unspecified atom stereocenters. The number of amides is 1. The summed E-state index contributed by atoms with van der Waals surface area (Å²) in [5.41, 5.74) is 4.53. The molecule has 0 saturated carbocycles. The van der Waals surface area contributed by atoms with Gasteiger partial charge < -0.3 is 9.73 Å². The Morgan fingerprint density at radius 2 is 1.62 bits per heavy atom. The third-order valence-corrected chi connectivity index (χ3v) is 5.37. The number of carbonyl (C=O) groups is 1. The summed E-state index contributed by atoms with van der Waals surface area (Å²) in [7, 11) is 1.63. The number of nitrogens with zero attached hydrogens (tertiary/aromatic N) is 1. The maximum Gasteiger partial charge on any atom is 0.257 e. The van der Waals surface area contributed by atoms with Gasteiger partial charge >= 0.3 is 0 Å². The minimum absolute atomic E-state index is 0.0919. The fraction of sp³-hybridized carbons (Fsp3) is 0.0833. The van der Waals surface area contributed by atoms with Crippen molar-refractivity contribution in [2.75, 3.05) is 7.05 Å². The summed E-state index contributed by atoms with van der Waals surface area (Å²) < 4.78 is 6.15. The molecule has 0 spiro atoms. The van der Waals surface area contributed by atoms with Gasteiger partial charge in [-0.25, -0.2) is 4.98 Å². The van der Waals surface area contributed by atoms with E-state index in [2.05, 4.69) is 5.32 Å². The molecule has 144 valence electrons. The third kappa shape index (κ3) is 4.41. The van der Waals surface area contributed by atoms with Crippen LogP contribution in [0.3, 0.4) is 0 Å². The first kappa shape index (κ1) is 19.0. The predicted octanol–water partition coefficient (Wildman–Crippen LogP) is 5.66. The van der Waals surface area contributed by atoms with Crippen LogP contribution in [0, 0.1) is 0 Å². The lowest BCUT2D eigenvalue weighted by Gasteiger charge is -2.03. The van der Waals surface area contributed by atoms with Crippen molar-refractivity contribution in [2.24, 2.45) is 0 Å². The van der Waals surface area contributed by atoms with Gasteiger partial charge in [-0.05, 0) is 17.7 Å². The van der Waals surface area contributed by atoms with Crippen molar-refractivity contribution >= 4 is 17.7 Å². The van der Waals surface area contributed by atoms with Crippen LogP contribution >= 0.6 is 11.8 Å². The highest BCUT2D eigenvalue weighted by molar-refractivity contribution is 7.98. The molecule has 0 saturated heterocycles. The molecule has 0 aliphatic heterocycles. The topological polar surface area (TPSA) is 55.1 Å². The van der Waals surface area contributed by atoms with Crippen molar-refractivity contribution in [3.05, 3.63) is 96.1 Å². The average Bonchev–Trinajstić information content (AvgIpc) is 3.23. The summed E-state index contributed by atoms with van der Waals surface area (Å²) in [5.74, 6) is 1.33. The third-order valence-electron chi connectivity index (χ3n) is 4.47. The summed E-state index contributed by atoms with van der Waals surface area (Å²) >= 11 is 1.52. The first-order chi connectivity index (χ1) is 14.2. The fourth-order valence-corrected chi connectivity index (χ4v) is 3.80. The van der Waals surface area contributed by atoms with Crippen molar-refractivity contribution < 1.29 is 9.21 Å². The molecule has 4 aromatic rings. The minimum Gasteiger partial charge on any atom is -0.431 e. The molecular formula is C24H20N2O2S. The van der Waals surface area contributed by atoms with Gasteiger partial charge in [-0.1, -0.05) is 84.6 Å². The number of nitrogens with one attached hydrogen (secondary N) is 1. The predicted molar refractivity (Wildman–Crippen MR) is 117 cm³/mol. The van der Waals surface area contributed by atoms with E-state index in [9.17, 15) is 4.79 Å². The second kappa shape index (κ2) is 8.80. The quantitative estimate of drug-likeness (QED) is 0.424. The van der Waals surface area contributed by atoms with Crippen molar-refractivity contribution in [2.45, 2.75) is 11.0 Å². The van der Waals surface area contributed by atoms with Gasteiger partial charge in [0.05, 0.1) is 0 Å². The standard InChI is InChI=1S/C24H20N2O2S/c1-25-23(27)20-14-8-9-17(15-20)16-29-24-26-21(18-10-4-2-5-11-18)22(28-24)19-12-6-3-7-13-19/h2-15H,16H2,1H3,(H,25,27). The van der Waals surface area contributed by atoms with E-state index in [0.717, 1.165) is 28.1 Å². The number of hydrogen-bond acceptors (Lipinski definition) is 4. The molecule has 0 fully saturated rings. The number of aromatic nitrogens is 1. The van der Waals surface area contributed by atoms with Crippen LogP contribution < -0.4 is 5.32 Å². The summed E-state index contributed by atoms with van der Waals surface area (Å²) in [5, 5.41) is 3.26. The van der Waals surface area contributed by atoms with Crippen molar-refractivity contribution in [1.82, 2.24) is 10.3 Å². The molecule has 0 atom stereocenters. The van der Waals surface area contributed by atoms with Gasteiger partial charge in [-0.2, -0.15) is 0 Å². The summed E-state index contributed by atoms with van der Waals surface area (Å²) in [6.45, 7) is 0. The maximum atomic E-state index is 11.9. The smallest absolute Gasteiger partial charge is 0.257 e. The molecule has 1 N–H and O–H groups in total. The molecule has 0 aliphatic rings. The van der Waals surface area contributed by atoms with E-state index in [1.807, 2.05) is 78.9 Å². The lowest BCUT2D eigenvalue weighted by molar-refractivity contribution is 0.0963. The van der Waals surface area contributed by atoms with Crippen LogP contribution in [0.5, 0.6) is 0 Å². The zero-order chi connectivity index (χ0) is 20.1. The van der Waals surface area contributed by atoms with Gasteiger partial charge in [0.15, 0.2) is 5.76 Å². The van der Waals surface area contributed by atoms with Gasteiger partial charge in [-0.15, -0.1) is 0 Å². The van der Waals surface area contributed by atoms with Gasteiger partial charge in [0.2, 0.25) is 0 Å². The van der Waals surface area contributed by atoms with Crippen molar-refractivity contribution in [3.63, 3.8) is 0 Å². The molecule has 1 amide bonds. The summed E-state index contributed by atoms with van der Waals surface area (Å²) in [6, 6.07) is 27.6. The lowest BCUT2D eigenvalue weighted by Crippen LogP contribution is -2.17. The lowest BCUT2D eigenvalue weighted by atomic mass is 10.1. The van der Waals surface area contributed by atoms with Crippen LogP contribution in [0.1, 0.15) is 15.9 Å². The zero-order valence-electron chi connectivity index (χ0n) is 16.0. The normalized spacial score (nSPS) is 10.7. The van der Waals surface area contributed by atoms with Gasteiger partial charge in [0, 0.05) is 29.5 Å². The second-order valence-corrected chi connectivity index (χ2v) is 7.38. The maximum absolute atomic E-state index is 11.9. The molecule has 0 bridgehead atoms. The molecule has 3 aromatic carbocycles. The first-order valence-corrected chi connectivity index (χ1v) is 10.3. The van der Waals surface area contributed by atoms with Gasteiger partial charge in [0.25, 0.3) is 11.1 Å². The number of oxazole rings is 1. The van der Waals surface area contributed by atoms with E-state index >= 15 is 0 Å². The molecule has 4 rings (SSSR count). The largest absolute Gasteiger partial charge is 0.431 e. The van der Waals surface area contributed by atoms with E-state index in [4.69, 9.17) is 9.40 Å². The molecule has 0 aliphatic carbocycles. The van der Waals surface area contributed by atoms with E-state index in [1.165, 1.54) is 11.8 Å². The number of thioether (sulfide) groups is 1. The highest BCUT2D eigenvalue weighted by Gasteiger charge is 2.17. The molecule has 5 heteroatoms. The Balaban J connectivity index is 1.62. The Labute approximate surface area is 174 Å². The van der Waals surface area contributed by atoms with Crippen LogP contribution in [0.2, 0.25) is 0 Å². The molecule has 4 nitrogen and oxygen atoms in total. The highest BCUT2D eigenvalue weighted by Crippen LogP contribution is 2.36. The monoisotopic (exact) mass is 400 g/mol. The molecular weight excluding hydrogens is 380 g/mol. The Hall–Kier alpha value is -3.31. The van der Waals surface area contributed by atoms with Crippen LogP contribution in [-0.2, 0) is 5.75 Å². The van der Waals surface area contributed by atoms with E-state index in [-0.39, 0.29) is 5.91 Å². The van der Waals surface area contributed by atoms with Crippen LogP contribution in [0.15, 0.2) is 94.6 Å². The Morgan fingerprint density at radius 3 is 2.31 bits per heavy atom. The number of carbonyl (C=O) groups excluding carboxylic acids is 1. The average molecular weight is 401 g/mol. The Kier molecular flexibility index (Phi) is 5.77. The first-order valence-electron chi connectivity index (χ1n) is 9.30. The Bertz CT molecular complexity index is 1050. The van der Waals surface area contributed by atoms with E-state index in [0.29, 0.717) is 16.5 Å². The van der Waals surface area contributed by atoms with E-state index in [1.54, 1.807) is 13.1 Å². The molecule has 1 aromatic heterocycles. The summed E-state index contributed by atoms with van der Waals surface area (Å²) in [4.78, 5) is 16.6. The minimum atomic E-state index is -0.0919. The van der Waals surface area contributed by atoms with Crippen LogP contribution in [0.25, 0.3) is 22.6 Å². The van der Waals surface area contributed by atoms with Crippen LogP contribution in [-0.4, -0.2) is 17.9 Å². The molecule has 1 heterocycles. The van der Waals surface area contributed by atoms with E-state index < -0.39 is 0 Å². The number of hydrogen-bond donors (Lipinski definition) is 1. The second-order valence-electron chi connectivity index (χ2n) is 6.46. The highest BCUT2D eigenvalue weighted by atomic mass is 32.2. The number of rotatable bonds is 6. The van der Waals surface area contributed by atoms with Crippen molar-refractivity contribution in [3.8, 4) is 22.6 Å². The van der Waals surface area contributed by atoms with Crippen LogP contribution in [0.4, 0.5) is 0 Å². The number of benzene rings is 3. The fourth-order valence-electron chi connectivity index (χ4n) is 3.03. The molecule has 29 heavy (non-hydrogen) atoms. The Morgan fingerprint density at radius 1 is 0.931 bits per heavy atom. The zero-order valence-corrected chi connectivity index (χ0v) is 16.8. The van der Waals surface area contributed by atoms with Gasteiger partial charge in [-0.3, -0.25) is 4.79 Å². The van der Waals surface area contributed by atoms with Crippen molar-refractivity contribution in [1.29, 1.82) is 0 Å².